The van der Waals surface area contributed by atoms with Gasteiger partial charge in [0.25, 0.3) is 0 Å². The third-order valence-electron chi connectivity index (χ3n) is 4.45. The first-order valence-electron chi connectivity index (χ1n) is 7.95. The minimum Gasteiger partial charge on any atom is -0.374 e. The Morgan fingerprint density at radius 3 is 2.85 bits per heavy atom. The fourth-order valence-electron chi connectivity index (χ4n) is 3.40. The number of benzene rings is 1. The molecule has 3 unspecified atom stereocenters. The van der Waals surface area contributed by atoms with E-state index >= 15 is 0 Å². The number of hydrogen-bond acceptors (Lipinski definition) is 3. The average molecular weight is 274 g/mol. The van der Waals surface area contributed by atoms with Gasteiger partial charge in [-0.1, -0.05) is 30.3 Å². The summed E-state index contributed by atoms with van der Waals surface area (Å²) >= 11 is 0. The zero-order valence-corrected chi connectivity index (χ0v) is 12.4. The standard InChI is InChI=1S/C17H26N2O/c1-14-7-8-17(20-14)13-19-10-9-18-16(12-19)11-15-5-3-2-4-6-15/h2-6,14,16-18H,7-13H2,1H3. The Morgan fingerprint density at radius 2 is 2.10 bits per heavy atom. The SMILES string of the molecule is CC1CCC(CN2CCNC(Cc3ccccc3)C2)O1. The molecule has 3 heteroatoms. The van der Waals surface area contributed by atoms with Crippen LogP contribution in [0.4, 0.5) is 0 Å². The fourth-order valence-corrected chi connectivity index (χ4v) is 3.40. The van der Waals surface area contributed by atoms with Crippen LogP contribution in [0, 0.1) is 0 Å². The molecule has 0 saturated carbocycles. The van der Waals surface area contributed by atoms with Crippen LogP contribution in [0.25, 0.3) is 0 Å². The van der Waals surface area contributed by atoms with Crippen LogP contribution in [-0.2, 0) is 11.2 Å². The van der Waals surface area contributed by atoms with Crippen molar-refractivity contribution in [3.8, 4) is 0 Å². The molecule has 110 valence electrons. The molecule has 20 heavy (non-hydrogen) atoms. The van der Waals surface area contributed by atoms with Crippen molar-refractivity contribution in [3.63, 3.8) is 0 Å². The molecule has 3 nitrogen and oxygen atoms in total. The normalized spacial score (nSPS) is 31.6. The van der Waals surface area contributed by atoms with Crippen LogP contribution < -0.4 is 5.32 Å². The van der Waals surface area contributed by atoms with Crippen molar-refractivity contribution in [1.29, 1.82) is 0 Å². The van der Waals surface area contributed by atoms with E-state index in [9.17, 15) is 0 Å². The Bertz CT molecular complexity index is 409. The van der Waals surface area contributed by atoms with E-state index < -0.39 is 0 Å². The topological polar surface area (TPSA) is 24.5 Å². The molecule has 1 aromatic carbocycles. The maximum absolute atomic E-state index is 5.96. The molecule has 0 aliphatic carbocycles. The molecule has 2 fully saturated rings. The molecule has 1 N–H and O–H groups in total. The van der Waals surface area contributed by atoms with Crippen molar-refractivity contribution >= 4 is 0 Å². The molecule has 2 aliphatic heterocycles. The Kier molecular flexibility index (Phi) is 4.71. The van der Waals surface area contributed by atoms with Crippen LogP contribution >= 0.6 is 0 Å². The molecule has 0 aromatic heterocycles. The zero-order chi connectivity index (χ0) is 13.8. The van der Waals surface area contributed by atoms with E-state index in [1.54, 1.807) is 0 Å². The van der Waals surface area contributed by atoms with Crippen molar-refractivity contribution in [2.45, 2.75) is 44.4 Å². The van der Waals surface area contributed by atoms with E-state index in [-0.39, 0.29) is 0 Å². The molecule has 3 rings (SSSR count). The molecule has 2 saturated heterocycles. The van der Waals surface area contributed by atoms with Gasteiger partial charge < -0.3 is 10.1 Å². The minimum atomic E-state index is 0.459. The number of piperazine rings is 1. The van der Waals surface area contributed by atoms with Gasteiger partial charge in [0.05, 0.1) is 12.2 Å². The summed E-state index contributed by atoms with van der Waals surface area (Å²) in [6.07, 6.45) is 4.50. The zero-order valence-electron chi connectivity index (χ0n) is 12.4. The van der Waals surface area contributed by atoms with Crippen LogP contribution in [-0.4, -0.2) is 49.3 Å². The van der Waals surface area contributed by atoms with Crippen LogP contribution in [0.1, 0.15) is 25.3 Å². The minimum absolute atomic E-state index is 0.459. The van der Waals surface area contributed by atoms with Gasteiger partial charge in [-0.3, -0.25) is 4.90 Å². The first-order chi connectivity index (χ1) is 9.79. The van der Waals surface area contributed by atoms with E-state index in [2.05, 4.69) is 47.5 Å². The van der Waals surface area contributed by atoms with Crippen LogP contribution in [0.3, 0.4) is 0 Å². The average Bonchev–Trinajstić information content (AvgIpc) is 2.86. The van der Waals surface area contributed by atoms with Gasteiger partial charge in [0, 0.05) is 32.2 Å². The van der Waals surface area contributed by atoms with Crippen molar-refractivity contribution in [3.05, 3.63) is 35.9 Å². The molecule has 2 aliphatic rings. The highest BCUT2D eigenvalue weighted by atomic mass is 16.5. The Balaban J connectivity index is 1.49. The van der Waals surface area contributed by atoms with Crippen LogP contribution in [0.2, 0.25) is 0 Å². The Morgan fingerprint density at radius 1 is 1.25 bits per heavy atom. The van der Waals surface area contributed by atoms with Crippen LogP contribution in [0.5, 0.6) is 0 Å². The van der Waals surface area contributed by atoms with Gasteiger partial charge in [-0.05, 0) is 31.7 Å². The number of nitrogens with one attached hydrogen (secondary N) is 1. The van der Waals surface area contributed by atoms with Crippen molar-refractivity contribution in [1.82, 2.24) is 10.2 Å². The Hall–Kier alpha value is -0.900. The van der Waals surface area contributed by atoms with Gasteiger partial charge >= 0.3 is 0 Å². The molecule has 0 amide bonds. The lowest BCUT2D eigenvalue weighted by Gasteiger charge is -2.35. The number of ether oxygens (including phenoxy) is 1. The molecule has 2 heterocycles. The Labute approximate surface area is 122 Å². The smallest absolute Gasteiger partial charge is 0.0706 e. The summed E-state index contributed by atoms with van der Waals surface area (Å²) in [4.78, 5) is 2.58. The lowest BCUT2D eigenvalue weighted by atomic mass is 10.0. The largest absolute Gasteiger partial charge is 0.374 e. The van der Waals surface area contributed by atoms with Crippen LogP contribution in [0.15, 0.2) is 30.3 Å². The van der Waals surface area contributed by atoms with Gasteiger partial charge in [0.1, 0.15) is 0 Å². The predicted molar refractivity (Wildman–Crippen MR) is 81.9 cm³/mol. The van der Waals surface area contributed by atoms with Gasteiger partial charge in [0.15, 0.2) is 0 Å². The quantitative estimate of drug-likeness (QED) is 0.909. The highest BCUT2D eigenvalue weighted by molar-refractivity contribution is 5.16. The third kappa shape index (κ3) is 3.81. The molecular weight excluding hydrogens is 248 g/mol. The lowest BCUT2D eigenvalue weighted by Crippen LogP contribution is -2.53. The van der Waals surface area contributed by atoms with E-state index in [4.69, 9.17) is 4.74 Å². The third-order valence-corrected chi connectivity index (χ3v) is 4.45. The van der Waals surface area contributed by atoms with E-state index in [0.29, 0.717) is 18.2 Å². The molecule has 0 spiro atoms. The van der Waals surface area contributed by atoms with Gasteiger partial charge in [-0.2, -0.15) is 0 Å². The molecule has 1 aromatic rings. The summed E-state index contributed by atoms with van der Waals surface area (Å²) < 4.78 is 5.96. The van der Waals surface area contributed by atoms with Gasteiger partial charge in [-0.25, -0.2) is 0 Å². The van der Waals surface area contributed by atoms with E-state index in [1.807, 2.05) is 0 Å². The van der Waals surface area contributed by atoms with Crippen molar-refractivity contribution < 1.29 is 4.74 Å². The summed E-state index contributed by atoms with van der Waals surface area (Å²) in [6.45, 7) is 6.69. The lowest BCUT2D eigenvalue weighted by molar-refractivity contribution is 0.0254. The highest BCUT2D eigenvalue weighted by Gasteiger charge is 2.26. The summed E-state index contributed by atoms with van der Waals surface area (Å²) in [6, 6.07) is 11.4. The first-order valence-corrected chi connectivity index (χ1v) is 7.95. The molecule has 3 atom stereocenters. The second-order valence-electron chi connectivity index (χ2n) is 6.25. The molecular formula is C17H26N2O. The van der Waals surface area contributed by atoms with Crippen molar-refractivity contribution in [2.75, 3.05) is 26.2 Å². The highest BCUT2D eigenvalue weighted by Crippen LogP contribution is 2.20. The summed E-state index contributed by atoms with van der Waals surface area (Å²) in [5.41, 5.74) is 1.43. The first kappa shape index (κ1) is 14.1. The predicted octanol–water partition coefficient (Wildman–Crippen LogP) is 2.07. The monoisotopic (exact) mass is 274 g/mol. The molecule has 0 bridgehead atoms. The molecule has 0 radical (unpaired) electrons. The number of rotatable bonds is 4. The maximum Gasteiger partial charge on any atom is 0.0706 e. The van der Waals surface area contributed by atoms with Crippen molar-refractivity contribution in [2.24, 2.45) is 0 Å². The second kappa shape index (κ2) is 6.70. The van der Waals surface area contributed by atoms with Gasteiger partial charge in [-0.15, -0.1) is 0 Å². The fraction of sp³-hybridized carbons (Fsp3) is 0.647. The summed E-state index contributed by atoms with van der Waals surface area (Å²) in [7, 11) is 0. The maximum atomic E-state index is 5.96. The summed E-state index contributed by atoms with van der Waals surface area (Å²) in [5, 5.41) is 3.65. The van der Waals surface area contributed by atoms with E-state index in [1.165, 1.54) is 18.4 Å². The second-order valence-corrected chi connectivity index (χ2v) is 6.25. The summed E-state index contributed by atoms with van der Waals surface area (Å²) in [5.74, 6) is 0. The number of nitrogens with zero attached hydrogens (tertiary/aromatic N) is 1. The van der Waals surface area contributed by atoms with Gasteiger partial charge in [0.2, 0.25) is 0 Å². The van der Waals surface area contributed by atoms with E-state index in [0.717, 1.165) is 32.6 Å². The number of hydrogen-bond donors (Lipinski definition) is 1.